The van der Waals surface area contributed by atoms with E-state index in [1.165, 1.54) is 11.3 Å². The number of ether oxygens (including phenoxy) is 1. The summed E-state index contributed by atoms with van der Waals surface area (Å²) in [5.41, 5.74) is 0.975. The molecule has 1 aliphatic heterocycles. The lowest BCUT2D eigenvalue weighted by Gasteiger charge is -2.28. The molecule has 1 aliphatic rings. The predicted octanol–water partition coefficient (Wildman–Crippen LogP) is 2.88. The second kappa shape index (κ2) is 7.43. The molecule has 7 heteroatoms. The van der Waals surface area contributed by atoms with Gasteiger partial charge < -0.3 is 9.64 Å². The number of carbonyl (C=O) groups is 1. The van der Waals surface area contributed by atoms with Gasteiger partial charge in [-0.1, -0.05) is 18.2 Å². The van der Waals surface area contributed by atoms with Gasteiger partial charge in [0.25, 0.3) is 5.91 Å². The number of carbonyl (C=O) groups excluding carboxylic acids is 1. The molecule has 0 radical (unpaired) electrons. The highest BCUT2D eigenvalue weighted by Gasteiger charge is 2.35. The first-order chi connectivity index (χ1) is 11.9. The number of fused-ring (bicyclic) bond motifs is 1. The van der Waals surface area contributed by atoms with Crippen LogP contribution in [0.15, 0.2) is 24.3 Å². The maximum atomic E-state index is 13.2. The fourth-order valence-electron chi connectivity index (χ4n) is 3.36. The summed E-state index contributed by atoms with van der Waals surface area (Å²) in [5, 5.41) is 1.09. The monoisotopic (exact) mass is 381 g/mol. The van der Waals surface area contributed by atoms with Crippen LogP contribution in [0.1, 0.15) is 28.1 Å². The average molecular weight is 382 g/mol. The molecule has 1 amide bonds. The summed E-state index contributed by atoms with van der Waals surface area (Å²) in [6.07, 6.45) is 1.22. The molecule has 1 atom stereocenters. The zero-order valence-corrected chi connectivity index (χ0v) is 16.2. The van der Waals surface area contributed by atoms with Crippen molar-refractivity contribution in [1.29, 1.82) is 0 Å². The largest absolute Gasteiger partial charge is 0.385 e. The highest BCUT2D eigenvalue weighted by atomic mass is 32.2. The minimum atomic E-state index is -3.04. The van der Waals surface area contributed by atoms with Crippen LogP contribution in [0.5, 0.6) is 0 Å². The molecular formula is C18H23NO4S2. The van der Waals surface area contributed by atoms with Crippen LogP contribution >= 0.6 is 11.3 Å². The Labute approximate surface area is 152 Å². The molecule has 0 spiro atoms. The van der Waals surface area contributed by atoms with Crippen molar-refractivity contribution < 1.29 is 17.9 Å². The number of benzene rings is 1. The normalized spacial score (nSPS) is 19.4. The number of sulfone groups is 1. The lowest BCUT2D eigenvalue weighted by molar-refractivity contribution is 0.0679. The number of methoxy groups -OCH3 is 1. The predicted molar refractivity (Wildman–Crippen MR) is 101 cm³/mol. The summed E-state index contributed by atoms with van der Waals surface area (Å²) in [5.74, 6) is 0.171. The summed E-state index contributed by atoms with van der Waals surface area (Å²) in [7, 11) is -1.42. The van der Waals surface area contributed by atoms with Crippen LogP contribution in [0.25, 0.3) is 10.1 Å². The average Bonchev–Trinajstić information content (AvgIpc) is 3.11. The summed E-state index contributed by atoms with van der Waals surface area (Å²) in [4.78, 5) is 15.7. The Balaban J connectivity index is 1.90. The molecular weight excluding hydrogens is 358 g/mol. The van der Waals surface area contributed by atoms with E-state index in [0.717, 1.165) is 15.6 Å². The van der Waals surface area contributed by atoms with Gasteiger partial charge in [-0.25, -0.2) is 8.42 Å². The van der Waals surface area contributed by atoms with E-state index in [-0.39, 0.29) is 23.5 Å². The molecule has 1 saturated heterocycles. The molecule has 0 bridgehead atoms. The molecule has 1 aromatic heterocycles. The molecule has 2 heterocycles. The second-order valence-corrected chi connectivity index (χ2v) is 9.74. The summed E-state index contributed by atoms with van der Waals surface area (Å²) < 4.78 is 29.9. The van der Waals surface area contributed by atoms with Gasteiger partial charge in [0, 0.05) is 31.0 Å². The number of thiophene rings is 1. The topological polar surface area (TPSA) is 63.7 Å². The van der Waals surface area contributed by atoms with Crippen molar-refractivity contribution in [3.05, 3.63) is 34.7 Å². The third-order valence-electron chi connectivity index (χ3n) is 4.70. The van der Waals surface area contributed by atoms with E-state index in [1.807, 2.05) is 31.2 Å². The first-order valence-corrected chi connectivity index (χ1v) is 11.0. The third-order valence-corrected chi connectivity index (χ3v) is 7.71. The quantitative estimate of drug-likeness (QED) is 0.722. The van der Waals surface area contributed by atoms with Crippen LogP contribution in [0.3, 0.4) is 0 Å². The van der Waals surface area contributed by atoms with E-state index in [2.05, 4.69) is 0 Å². The van der Waals surface area contributed by atoms with Crippen molar-refractivity contribution in [2.45, 2.75) is 25.8 Å². The van der Waals surface area contributed by atoms with E-state index in [4.69, 9.17) is 4.74 Å². The SMILES string of the molecule is COCCCN(C(=O)c1sc2ccccc2c1C)C1CCS(=O)(=O)C1. The van der Waals surface area contributed by atoms with E-state index < -0.39 is 9.84 Å². The molecule has 5 nitrogen and oxygen atoms in total. The zero-order chi connectivity index (χ0) is 18.0. The smallest absolute Gasteiger partial charge is 0.264 e. The van der Waals surface area contributed by atoms with Gasteiger partial charge in [0.2, 0.25) is 0 Å². The molecule has 0 aliphatic carbocycles. The van der Waals surface area contributed by atoms with Gasteiger partial charge in [-0.05, 0) is 36.8 Å². The Kier molecular flexibility index (Phi) is 5.46. The molecule has 0 saturated carbocycles. The van der Waals surface area contributed by atoms with Gasteiger partial charge in [0.1, 0.15) is 0 Å². The van der Waals surface area contributed by atoms with Crippen molar-refractivity contribution in [1.82, 2.24) is 4.90 Å². The molecule has 136 valence electrons. The molecule has 25 heavy (non-hydrogen) atoms. The van der Waals surface area contributed by atoms with Crippen molar-refractivity contribution in [3.8, 4) is 0 Å². The van der Waals surface area contributed by atoms with Gasteiger partial charge in [-0.3, -0.25) is 4.79 Å². The number of amides is 1. The lowest BCUT2D eigenvalue weighted by atomic mass is 10.1. The van der Waals surface area contributed by atoms with Gasteiger partial charge >= 0.3 is 0 Å². The van der Waals surface area contributed by atoms with Gasteiger partial charge in [0.05, 0.1) is 16.4 Å². The molecule has 1 fully saturated rings. The fourth-order valence-corrected chi connectivity index (χ4v) is 6.26. The lowest BCUT2D eigenvalue weighted by Crippen LogP contribution is -2.42. The minimum Gasteiger partial charge on any atom is -0.385 e. The third kappa shape index (κ3) is 3.88. The first kappa shape index (κ1) is 18.4. The summed E-state index contributed by atoms with van der Waals surface area (Å²) in [6, 6.07) is 7.73. The highest BCUT2D eigenvalue weighted by Crippen LogP contribution is 2.32. The number of nitrogens with zero attached hydrogens (tertiary/aromatic N) is 1. The number of aryl methyl sites for hydroxylation is 1. The summed E-state index contributed by atoms with van der Waals surface area (Å²) >= 11 is 1.49. The van der Waals surface area contributed by atoms with E-state index in [9.17, 15) is 13.2 Å². The maximum absolute atomic E-state index is 13.2. The van der Waals surface area contributed by atoms with Crippen LogP contribution in [0, 0.1) is 6.92 Å². The van der Waals surface area contributed by atoms with Gasteiger partial charge in [-0.2, -0.15) is 0 Å². The van der Waals surface area contributed by atoms with Gasteiger partial charge in [-0.15, -0.1) is 11.3 Å². The van der Waals surface area contributed by atoms with Crippen LogP contribution in [-0.4, -0.2) is 57.0 Å². The van der Waals surface area contributed by atoms with E-state index >= 15 is 0 Å². The Bertz CT molecular complexity index is 872. The Morgan fingerprint density at radius 2 is 2.12 bits per heavy atom. The highest BCUT2D eigenvalue weighted by molar-refractivity contribution is 7.91. The van der Waals surface area contributed by atoms with Crippen molar-refractivity contribution in [2.24, 2.45) is 0 Å². The Hall–Kier alpha value is -1.44. The van der Waals surface area contributed by atoms with Crippen LogP contribution < -0.4 is 0 Å². The van der Waals surface area contributed by atoms with Crippen molar-refractivity contribution in [2.75, 3.05) is 31.8 Å². The van der Waals surface area contributed by atoms with Crippen molar-refractivity contribution >= 4 is 37.2 Å². The molecule has 1 unspecified atom stereocenters. The molecule has 3 rings (SSSR count). The fraction of sp³-hybridized carbons (Fsp3) is 0.500. The Morgan fingerprint density at radius 1 is 1.36 bits per heavy atom. The van der Waals surface area contributed by atoms with Crippen LogP contribution in [-0.2, 0) is 14.6 Å². The standard InChI is InChI=1S/C18H23NO4S2/c1-13-15-6-3-4-7-16(15)24-17(13)18(20)19(9-5-10-23-2)14-8-11-25(21,22)12-14/h3-4,6-7,14H,5,8-12H2,1-2H3. The number of hydrogen-bond donors (Lipinski definition) is 0. The van der Waals surface area contributed by atoms with Crippen LogP contribution in [0.4, 0.5) is 0 Å². The Morgan fingerprint density at radius 3 is 2.76 bits per heavy atom. The minimum absolute atomic E-state index is 0.0584. The van der Waals surface area contributed by atoms with E-state index in [1.54, 1.807) is 12.0 Å². The number of rotatable bonds is 6. The number of hydrogen-bond acceptors (Lipinski definition) is 5. The second-order valence-electron chi connectivity index (χ2n) is 6.45. The van der Waals surface area contributed by atoms with Crippen molar-refractivity contribution in [3.63, 3.8) is 0 Å². The van der Waals surface area contributed by atoms with E-state index in [0.29, 0.717) is 30.9 Å². The van der Waals surface area contributed by atoms with Gasteiger partial charge in [0.15, 0.2) is 9.84 Å². The summed E-state index contributed by atoms with van der Waals surface area (Å²) in [6.45, 7) is 3.03. The zero-order valence-electron chi connectivity index (χ0n) is 14.5. The molecule has 2 aromatic rings. The van der Waals surface area contributed by atoms with Crippen LogP contribution in [0.2, 0.25) is 0 Å². The molecule has 1 aromatic carbocycles. The first-order valence-electron chi connectivity index (χ1n) is 8.41. The molecule has 0 N–H and O–H groups in total. The maximum Gasteiger partial charge on any atom is 0.264 e.